The number of carbonyl (C=O) groups is 1. The van der Waals surface area contributed by atoms with Gasteiger partial charge in [-0.3, -0.25) is 4.79 Å². The van der Waals surface area contributed by atoms with Gasteiger partial charge in [-0.2, -0.15) is 0 Å². The summed E-state index contributed by atoms with van der Waals surface area (Å²) in [6, 6.07) is 4.99. The molecule has 0 bridgehead atoms. The highest BCUT2D eigenvalue weighted by atomic mass is 35.5. The fourth-order valence-electron chi connectivity index (χ4n) is 4.91. The molecule has 3 aromatic rings. The Morgan fingerprint density at radius 3 is 2.91 bits per heavy atom. The Morgan fingerprint density at radius 2 is 2.22 bits per heavy atom. The summed E-state index contributed by atoms with van der Waals surface area (Å²) < 4.78 is 2.45. The molecule has 166 valence electrons. The van der Waals surface area contributed by atoms with Gasteiger partial charge in [0.05, 0.1) is 38.8 Å². The first-order chi connectivity index (χ1) is 15.4. The average molecular weight is 472 g/mol. The fraction of sp³-hybridized carbons (Fsp3) is 0.409. The van der Waals surface area contributed by atoms with Gasteiger partial charge < -0.3 is 25.4 Å². The Bertz CT molecular complexity index is 1280. The van der Waals surface area contributed by atoms with Gasteiger partial charge in [-0.05, 0) is 43.4 Å². The molecule has 0 aliphatic heterocycles. The van der Waals surface area contributed by atoms with Crippen LogP contribution < -0.4 is 10.6 Å². The molecule has 2 aliphatic carbocycles. The van der Waals surface area contributed by atoms with Gasteiger partial charge >= 0.3 is 0 Å². The summed E-state index contributed by atoms with van der Waals surface area (Å²) in [7, 11) is 1.54. The van der Waals surface area contributed by atoms with Crippen LogP contribution in [0.1, 0.15) is 30.0 Å². The van der Waals surface area contributed by atoms with Gasteiger partial charge in [0.25, 0.3) is 0 Å². The Hall–Kier alpha value is -2.64. The van der Waals surface area contributed by atoms with Gasteiger partial charge in [-0.25, -0.2) is 9.97 Å². The molecule has 0 saturated heterocycles. The van der Waals surface area contributed by atoms with Crippen molar-refractivity contribution in [2.24, 2.45) is 11.3 Å². The first-order valence-corrected chi connectivity index (χ1v) is 11.6. The van der Waals surface area contributed by atoms with E-state index < -0.39 is 23.7 Å². The highest BCUT2D eigenvalue weighted by Crippen LogP contribution is 2.67. The van der Waals surface area contributed by atoms with Gasteiger partial charge in [0.15, 0.2) is 5.65 Å². The van der Waals surface area contributed by atoms with Crippen molar-refractivity contribution < 1.29 is 15.0 Å². The molecule has 1 amide bonds. The first kappa shape index (κ1) is 21.2. The molecule has 0 radical (unpaired) electrons. The maximum atomic E-state index is 12.5. The van der Waals surface area contributed by atoms with E-state index in [1.807, 2.05) is 19.1 Å². The molecule has 0 aromatic carbocycles. The molecular weight excluding hydrogens is 450 g/mol. The summed E-state index contributed by atoms with van der Waals surface area (Å²) in [5.41, 5.74) is 1.56. The van der Waals surface area contributed by atoms with Gasteiger partial charge in [0, 0.05) is 19.5 Å². The molecule has 2 unspecified atom stereocenters. The zero-order valence-electron chi connectivity index (χ0n) is 17.5. The molecule has 8 nitrogen and oxygen atoms in total. The minimum atomic E-state index is -1.14. The number of imidazole rings is 1. The summed E-state index contributed by atoms with van der Waals surface area (Å²) in [4.78, 5) is 22.5. The number of nitrogens with zero attached hydrogens (tertiary/aromatic N) is 3. The van der Waals surface area contributed by atoms with Crippen molar-refractivity contribution in [2.45, 2.75) is 31.6 Å². The first-order valence-electron chi connectivity index (χ1n) is 10.4. The molecule has 0 spiro atoms. The molecule has 3 aromatic heterocycles. The second-order valence-electron chi connectivity index (χ2n) is 8.12. The number of amides is 1. The van der Waals surface area contributed by atoms with E-state index in [2.05, 4.69) is 27.5 Å². The second kappa shape index (κ2) is 7.74. The van der Waals surface area contributed by atoms with E-state index >= 15 is 0 Å². The number of rotatable bonds is 4. The van der Waals surface area contributed by atoms with Gasteiger partial charge in [0.1, 0.15) is 17.3 Å². The molecule has 4 N–H and O–H groups in total. The third-order valence-corrected chi connectivity index (χ3v) is 7.57. The lowest BCUT2D eigenvalue weighted by atomic mass is 9.98. The van der Waals surface area contributed by atoms with Crippen LogP contribution in [0, 0.1) is 23.2 Å². The van der Waals surface area contributed by atoms with Crippen molar-refractivity contribution in [3.05, 3.63) is 39.4 Å². The standard InChI is InChI=1S/C22H22ClN5O3S/c1-3-25-14-8-11(4-5-12-6-7-15(23)32-12)27-20-16(14)26-10-28(20)17-13-9-22(13,21(31)24-2)19(30)18(17)29/h6-8,10,13,17-19,29-30H,3,9H2,1-2H3,(H,24,31)(H,25,27)/t13?,17-,18?,19+,22-/m1/s1. The number of hydrogen-bond donors (Lipinski definition) is 4. The average Bonchev–Trinajstić information content (AvgIpc) is 3.03. The highest BCUT2D eigenvalue weighted by Gasteiger charge is 2.75. The number of thiophene rings is 1. The number of aliphatic hydroxyl groups is 2. The van der Waals surface area contributed by atoms with Crippen molar-refractivity contribution >= 4 is 45.7 Å². The summed E-state index contributed by atoms with van der Waals surface area (Å²) >= 11 is 7.39. The Kier molecular flexibility index (Phi) is 5.13. The molecule has 2 fully saturated rings. The van der Waals surface area contributed by atoms with Crippen LogP contribution in [0.4, 0.5) is 5.69 Å². The molecule has 10 heteroatoms. The predicted molar refractivity (Wildman–Crippen MR) is 123 cm³/mol. The molecule has 2 aliphatic rings. The number of pyridine rings is 1. The lowest BCUT2D eigenvalue weighted by Gasteiger charge is -2.23. The summed E-state index contributed by atoms with van der Waals surface area (Å²) in [5.74, 6) is 5.72. The van der Waals surface area contributed by atoms with E-state index in [-0.39, 0.29) is 11.8 Å². The molecule has 2 saturated carbocycles. The van der Waals surface area contributed by atoms with E-state index in [4.69, 9.17) is 16.6 Å². The molecule has 5 rings (SSSR count). The molecule has 3 heterocycles. The van der Waals surface area contributed by atoms with E-state index in [1.165, 1.54) is 11.3 Å². The van der Waals surface area contributed by atoms with E-state index in [1.54, 1.807) is 24.0 Å². The van der Waals surface area contributed by atoms with Crippen molar-refractivity contribution in [3.8, 4) is 11.8 Å². The van der Waals surface area contributed by atoms with E-state index in [9.17, 15) is 15.0 Å². The Morgan fingerprint density at radius 1 is 1.41 bits per heavy atom. The fourth-order valence-corrected chi connectivity index (χ4v) is 5.80. The summed E-state index contributed by atoms with van der Waals surface area (Å²) in [5, 5.41) is 27.5. The van der Waals surface area contributed by atoms with Crippen LogP contribution in [0.2, 0.25) is 4.34 Å². The summed E-state index contributed by atoms with van der Waals surface area (Å²) in [6.07, 6.45) is -0.118. The number of hydrogen-bond acceptors (Lipinski definition) is 7. The maximum Gasteiger partial charge on any atom is 0.229 e. The number of aromatic nitrogens is 3. The van der Waals surface area contributed by atoms with Crippen LogP contribution in [0.3, 0.4) is 0 Å². The van der Waals surface area contributed by atoms with Crippen molar-refractivity contribution in [1.29, 1.82) is 0 Å². The number of carbonyl (C=O) groups excluding carboxylic acids is 1. The van der Waals surface area contributed by atoms with Crippen LogP contribution in [-0.2, 0) is 4.79 Å². The van der Waals surface area contributed by atoms with Crippen molar-refractivity contribution in [3.63, 3.8) is 0 Å². The minimum absolute atomic E-state index is 0.197. The van der Waals surface area contributed by atoms with Gasteiger partial charge in [-0.1, -0.05) is 11.6 Å². The van der Waals surface area contributed by atoms with Crippen LogP contribution >= 0.6 is 22.9 Å². The zero-order chi connectivity index (χ0) is 22.6. The molecule has 5 atom stereocenters. The third-order valence-electron chi connectivity index (χ3n) is 6.43. The van der Waals surface area contributed by atoms with Gasteiger partial charge in [-0.15, -0.1) is 11.3 Å². The topological polar surface area (TPSA) is 112 Å². The number of nitrogens with one attached hydrogen (secondary N) is 2. The number of halogens is 1. The normalized spacial score (nSPS) is 28.2. The Labute approximate surface area is 193 Å². The van der Waals surface area contributed by atoms with Crippen LogP contribution in [0.15, 0.2) is 24.5 Å². The van der Waals surface area contributed by atoms with Crippen LogP contribution in [-0.4, -0.2) is 56.5 Å². The quantitative estimate of drug-likeness (QED) is 0.433. The second-order valence-corrected chi connectivity index (χ2v) is 9.83. The largest absolute Gasteiger partial charge is 0.389 e. The van der Waals surface area contributed by atoms with E-state index in [0.29, 0.717) is 34.2 Å². The van der Waals surface area contributed by atoms with E-state index in [0.717, 1.165) is 10.6 Å². The molecular formula is C22H22ClN5O3S. The number of anilines is 1. The number of fused-ring (bicyclic) bond motifs is 2. The maximum absolute atomic E-state index is 12.5. The number of aliphatic hydroxyl groups excluding tert-OH is 2. The lowest BCUT2D eigenvalue weighted by Crippen LogP contribution is -2.41. The van der Waals surface area contributed by atoms with Crippen LogP contribution in [0.25, 0.3) is 11.2 Å². The van der Waals surface area contributed by atoms with Crippen molar-refractivity contribution in [1.82, 2.24) is 19.9 Å². The zero-order valence-corrected chi connectivity index (χ0v) is 19.0. The minimum Gasteiger partial charge on any atom is -0.389 e. The Balaban J connectivity index is 1.59. The third kappa shape index (κ3) is 3.10. The lowest BCUT2D eigenvalue weighted by molar-refractivity contribution is -0.132. The van der Waals surface area contributed by atoms with Crippen molar-refractivity contribution in [2.75, 3.05) is 18.9 Å². The monoisotopic (exact) mass is 471 g/mol. The smallest absolute Gasteiger partial charge is 0.229 e. The van der Waals surface area contributed by atoms with Gasteiger partial charge in [0.2, 0.25) is 5.91 Å². The highest BCUT2D eigenvalue weighted by molar-refractivity contribution is 7.16. The SMILES string of the molecule is CCNc1cc(C#Cc2ccc(Cl)s2)nc2c1ncn2[C@H]1C(O)[C@H](O)[C@@]2(C(=O)NC)CC12. The predicted octanol–water partition coefficient (Wildman–Crippen LogP) is 2.01. The van der Waals surface area contributed by atoms with Crippen LogP contribution in [0.5, 0.6) is 0 Å². The molecule has 32 heavy (non-hydrogen) atoms. The summed E-state index contributed by atoms with van der Waals surface area (Å²) in [6.45, 7) is 2.67.